The first-order valence-electron chi connectivity index (χ1n) is 7.96. The van der Waals surface area contributed by atoms with Gasteiger partial charge < -0.3 is 20.1 Å². The van der Waals surface area contributed by atoms with E-state index in [1.807, 2.05) is 55.5 Å². The highest BCUT2D eigenvalue weighted by Gasteiger charge is 2.08. The normalized spacial score (nSPS) is 10.4. The number of ether oxygens (including phenoxy) is 2. The minimum atomic E-state index is -0.0738. The van der Waals surface area contributed by atoms with Crippen molar-refractivity contribution in [1.29, 1.82) is 0 Å². The zero-order valence-corrected chi connectivity index (χ0v) is 14.2. The number of methoxy groups -OCH3 is 1. The van der Waals surface area contributed by atoms with Gasteiger partial charge in [-0.3, -0.25) is 4.79 Å². The summed E-state index contributed by atoms with van der Waals surface area (Å²) in [6.07, 6.45) is 0. The number of nitrogens with one attached hydrogen (secondary N) is 2. The standard InChI is InChI=1S/C19H24N2O3/c1-15-16(14-24-17-8-4-3-5-9-17)7-6-10-18(15)21-19(22)13-20-11-12-23-2/h3-10,20H,11-14H2,1-2H3,(H,21,22). The lowest BCUT2D eigenvalue weighted by atomic mass is 10.1. The van der Waals surface area contributed by atoms with E-state index in [4.69, 9.17) is 9.47 Å². The average Bonchev–Trinajstić information content (AvgIpc) is 2.60. The summed E-state index contributed by atoms with van der Waals surface area (Å²) in [7, 11) is 1.63. The molecule has 5 heteroatoms. The van der Waals surface area contributed by atoms with Gasteiger partial charge in [-0.05, 0) is 36.2 Å². The summed E-state index contributed by atoms with van der Waals surface area (Å²) in [5.74, 6) is 0.754. The lowest BCUT2D eigenvalue weighted by molar-refractivity contribution is -0.115. The van der Waals surface area contributed by atoms with Crippen LogP contribution in [0.4, 0.5) is 5.69 Å². The molecule has 2 rings (SSSR count). The molecule has 0 saturated heterocycles. The molecule has 1 amide bonds. The number of hydrogen-bond donors (Lipinski definition) is 2. The summed E-state index contributed by atoms with van der Waals surface area (Å²) in [5, 5.41) is 5.95. The smallest absolute Gasteiger partial charge is 0.238 e. The molecule has 24 heavy (non-hydrogen) atoms. The fraction of sp³-hybridized carbons (Fsp3) is 0.316. The largest absolute Gasteiger partial charge is 0.489 e. The van der Waals surface area contributed by atoms with E-state index >= 15 is 0 Å². The lowest BCUT2D eigenvalue weighted by Crippen LogP contribution is -2.30. The van der Waals surface area contributed by atoms with Gasteiger partial charge in [0.25, 0.3) is 0 Å². The summed E-state index contributed by atoms with van der Waals surface area (Å²) < 4.78 is 10.7. The van der Waals surface area contributed by atoms with Gasteiger partial charge in [0, 0.05) is 19.3 Å². The van der Waals surface area contributed by atoms with E-state index in [9.17, 15) is 4.79 Å². The molecule has 2 aromatic carbocycles. The molecule has 0 fully saturated rings. The van der Waals surface area contributed by atoms with Crippen LogP contribution in [0.5, 0.6) is 5.75 Å². The van der Waals surface area contributed by atoms with E-state index in [1.54, 1.807) is 7.11 Å². The maximum absolute atomic E-state index is 12.0. The van der Waals surface area contributed by atoms with E-state index in [0.29, 0.717) is 19.8 Å². The Bertz CT molecular complexity index is 644. The van der Waals surface area contributed by atoms with Gasteiger partial charge in [-0.15, -0.1) is 0 Å². The van der Waals surface area contributed by atoms with Crippen LogP contribution >= 0.6 is 0 Å². The summed E-state index contributed by atoms with van der Waals surface area (Å²) in [4.78, 5) is 12.0. The van der Waals surface area contributed by atoms with Crippen LogP contribution in [0.3, 0.4) is 0 Å². The van der Waals surface area contributed by atoms with Gasteiger partial charge in [0.1, 0.15) is 12.4 Å². The van der Waals surface area contributed by atoms with E-state index in [0.717, 1.165) is 22.6 Å². The maximum atomic E-state index is 12.0. The van der Waals surface area contributed by atoms with Crippen LogP contribution in [0, 0.1) is 6.92 Å². The average molecular weight is 328 g/mol. The van der Waals surface area contributed by atoms with Crippen molar-refractivity contribution in [3.05, 3.63) is 59.7 Å². The highest BCUT2D eigenvalue weighted by atomic mass is 16.5. The number of benzene rings is 2. The first kappa shape index (κ1) is 18.0. The molecule has 0 aliphatic rings. The predicted molar refractivity (Wildman–Crippen MR) is 95.3 cm³/mol. The van der Waals surface area contributed by atoms with Crippen molar-refractivity contribution < 1.29 is 14.3 Å². The summed E-state index contributed by atoms with van der Waals surface area (Å²) in [5.41, 5.74) is 2.87. The third-order valence-corrected chi connectivity index (χ3v) is 3.63. The van der Waals surface area contributed by atoms with Crippen molar-refractivity contribution in [2.24, 2.45) is 0 Å². The van der Waals surface area contributed by atoms with Crippen molar-refractivity contribution in [3.63, 3.8) is 0 Å². The second kappa shape index (κ2) is 9.70. The van der Waals surface area contributed by atoms with Gasteiger partial charge in [0.05, 0.1) is 13.2 Å². The van der Waals surface area contributed by atoms with Crippen molar-refractivity contribution in [2.45, 2.75) is 13.5 Å². The first-order chi connectivity index (χ1) is 11.7. The molecule has 5 nitrogen and oxygen atoms in total. The van der Waals surface area contributed by atoms with Gasteiger partial charge in [0.15, 0.2) is 0 Å². The Labute approximate surface area is 143 Å². The van der Waals surface area contributed by atoms with Crippen LogP contribution in [0.15, 0.2) is 48.5 Å². The third kappa shape index (κ3) is 5.68. The van der Waals surface area contributed by atoms with E-state index in [1.165, 1.54) is 0 Å². The third-order valence-electron chi connectivity index (χ3n) is 3.63. The molecule has 0 radical (unpaired) electrons. The Balaban J connectivity index is 1.91. The maximum Gasteiger partial charge on any atom is 0.238 e. The molecule has 128 valence electrons. The van der Waals surface area contributed by atoms with Crippen molar-refractivity contribution in [2.75, 3.05) is 32.1 Å². The zero-order valence-electron chi connectivity index (χ0n) is 14.2. The van der Waals surface area contributed by atoms with Crippen molar-refractivity contribution in [1.82, 2.24) is 5.32 Å². The highest BCUT2D eigenvalue weighted by molar-refractivity contribution is 5.93. The van der Waals surface area contributed by atoms with Crippen LogP contribution in [0.1, 0.15) is 11.1 Å². The molecule has 0 unspecified atom stereocenters. The first-order valence-corrected chi connectivity index (χ1v) is 7.96. The van der Waals surface area contributed by atoms with E-state index in [2.05, 4.69) is 10.6 Å². The van der Waals surface area contributed by atoms with Gasteiger partial charge in [-0.2, -0.15) is 0 Å². The van der Waals surface area contributed by atoms with Crippen LogP contribution in [0.25, 0.3) is 0 Å². The predicted octanol–water partition coefficient (Wildman–Crippen LogP) is 2.75. The Morgan fingerprint density at radius 1 is 1.08 bits per heavy atom. The number of carbonyl (C=O) groups is 1. The topological polar surface area (TPSA) is 59.6 Å². The van der Waals surface area contributed by atoms with Gasteiger partial charge >= 0.3 is 0 Å². The van der Waals surface area contributed by atoms with Gasteiger partial charge in [-0.1, -0.05) is 30.3 Å². The molecule has 0 aliphatic carbocycles. The van der Waals surface area contributed by atoms with Crippen LogP contribution in [-0.4, -0.2) is 32.7 Å². The molecule has 0 heterocycles. The Morgan fingerprint density at radius 3 is 2.62 bits per heavy atom. The number of anilines is 1. The number of rotatable bonds is 9. The molecule has 0 saturated carbocycles. The monoisotopic (exact) mass is 328 g/mol. The molecule has 0 bridgehead atoms. The van der Waals surface area contributed by atoms with E-state index < -0.39 is 0 Å². The summed E-state index contributed by atoms with van der Waals surface area (Å²) >= 11 is 0. The molecule has 2 N–H and O–H groups in total. The minimum Gasteiger partial charge on any atom is -0.489 e. The Kier molecular flexibility index (Phi) is 7.26. The number of amides is 1. The molecule has 0 aromatic heterocycles. The van der Waals surface area contributed by atoms with Gasteiger partial charge in [0.2, 0.25) is 5.91 Å². The fourth-order valence-electron chi connectivity index (χ4n) is 2.22. The quantitative estimate of drug-likeness (QED) is 0.695. The molecular weight excluding hydrogens is 304 g/mol. The number of hydrogen-bond acceptors (Lipinski definition) is 4. The highest BCUT2D eigenvalue weighted by Crippen LogP contribution is 2.20. The fourth-order valence-corrected chi connectivity index (χ4v) is 2.22. The lowest BCUT2D eigenvalue weighted by Gasteiger charge is -2.13. The second-order valence-corrected chi connectivity index (χ2v) is 5.41. The van der Waals surface area contributed by atoms with Crippen LogP contribution < -0.4 is 15.4 Å². The molecule has 0 spiro atoms. The zero-order chi connectivity index (χ0) is 17.2. The van der Waals surface area contributed by atoms with Crippen molar-refractivity contribution in [3.8, 4) is 5.75 Å². The van der Waals surface area contributed by atoms with Gasteiger partial charge in [-0.25, -0.2) is 0 Å². The summed E-state index contributed by atoms with van der Waals surface area (Å²) in [6, 6.07) is 15.5. The van der Waals surface area contributed by atoms with Crippen LogP contribution in [-0.2, 0) is 16.1 Å². The van der Waals surface area contributed by atoms with E-state index in [-0.39, 0.29) is 12.5 Å². The molecular formula is C19H24N2O3. The minimum absolute atomic E-state index is 0.0738. The Morgan fingerprint density at radius 2 is 1.88 bits per heavy atom. The van der Waals surface area contributed by atoms with Crippen LogP contribution in [0.2, 0.25) is 0 Å². The summed E-state index contributed by atoms with van der Waals surface area (Å²) in [6.45, 7) is 3.93. The molecule has 0 aliphatic heterocycles. The molecule has 2 aromatic rings. The van der Waals surface area contributed by atoms with Crippen molar-refractivity contribution >= 4 is 11.6 Å². The Hall–Kier alpha value is -2.37. The number of para-hydroxylation sites is 1. The molecule has 0 atom stereocenters. The number of carbonyl (C=O) groups excluding carboxylic acids is 1. The SMILES string of the molecule is COCCNCC(=O)Nc1cccc(COc2ccccc2)c1C. The second-order valence-electron chi connectivity index (χ2n) is 5.41.